The van der Waals surface area contributed by atoms with E-state index in [1.807, 2.05) is 0 Å². The Hall–Kier alpha value is -2.19. The first-order chi connectivity index (χ1) is 10.3. The van der Waals surface area contributed by atoms with Gasteiger partial charge in [0.05, 0.1) is 10.9 Å². The summed E-state index contributed by atoms with van der Waals surface area (Å²) in [7, 11) is -3.78. The summed E-state index contributed by atoms with van der Waals surface area (Å²) in [6, 6.07) is 7.14. The topological polar surface area (TPSA) is 101 Å². The minimum absolute atomic E-state index is 0.145. The molecule has 0 aliphatic rings. The van der Waals surface area contributed by atoms with E-state index in [2.05, 4.69) is 15.2 Å². The third kappa shape index (κ3) is 3.71. The van der Waals surface area contributed by atoms with Gasteiger partial charge >= 0.3 is 0 Å². The van der Waals surface area contributed by atoms with Crippen LogP contribution in [0, 0.1) is 13.8 Å². The van der Waals surface area contributed by atoms with Crippen LogP contribution in [0.4, 0.5) is 5.82 Å². The van der Waals surface area contributed by atoms with Crippen LogP contribution in [-0.4, -0.2) is 25.5 Å². The number of carbonyl (C=O) groups is 1. The maximum absolute atomic E-state index is 12.3. The molecule has 0 aliphatic heterocycles. The molecule has 1 atom stereocenters. The van der Waals surface area contributed by atoms with E-state index >= 15 is 0 Å². The number of anilines is 1. The van der Waals surface area contributed by atoms with Crippen molar-refractivity contribution in [3.63, 3.8) is 0 Å². The molecule has 22 heavy (non-hydrogen) atoms. The Morgan fingerprint density at radius 3 is 2.55 bits per heavy atom. The molecule has 8 heteroatoms. The standard InChI is InChI=1S/C14H17N3O4S/c1-9-6-4-5-7-12(9)22(19,20)17-11(3)14(18)15-13-8-10(2)21-16-13/h4-8,11,17H,1-3H3,(H,15,16,18)/t11-/m0/s1. The van der Waals surface area contributed by atoms with Crippen LogP contribution in [0.1, 0.15) is 18.2 Å². The normalized spacial score (nSPS) is 12.9. The fraction of sp³-hybridized carbons (Fsp3) is 0.286. The summed E-state index contributed by atoms with van der Waals surface area (Å²) in [5, 5.41) is 6.10. The number of hydrogen-bond donors (Lipinski definition) is 2. The highest BCUT2D eigenvalue weighted by Crippen LogP contribution is 2.14. The Labute approximate surface area is 128 Å². The summed E-state index contributed by atoms with van der Waals surface area (Å²) in [5.41, 5.74) is 0.606. The molecule has 0 radical (unpaired) electrons. The molecule has 0 saturated heterocycles. The molecule has 0 spiro atoms. The highest BCUT2D eigenvalue weighted by atomic mass is 32.2. The van der Waals surface area contributed by atoms with Crippen molar-refractivity contribution in [1.82, 2.24) is 9.88 Å². The number of benzene rings is 1. The van der Waals surface area contributed by atoms with Crippen molar-refractivity contribution in [2.75, 3.05) is 5.32 Å². The molecule has 0 fully saturated rings. The van der Waals surface area contributed by atoms with Crippen molar-refractivity contribution in [1.29, 1.82) is 0 Å². The molecule has 0 saturated carbocycles. The van der Waals surface area contributed by atoms with E-state index in [0.717, 1.165) is 0 Å². The first-order valence-corrected chi connectivity index (χ1v) is 8.10. The first-order valence-electron chi connectivity index (χ1n) is 6.62. The molecule has 0 aliphatic carbocycles. The lowest BCUT2D eigenvalue weighted by Crippen LogP contribution is -2.41. The lowest BCUT2D eigenvalue weighted by atomic mass is 10.2. The van der Waals surface area contributed by atoms with Gasteiger partial charge in [-0.2, -0.15) is 4.72 Å². The van der Waals surface area contributed by atoms with Gasteiger partial charge in [0.15, 0.2) is 5.82 Å². The molecule has 2 N–H and O–H groups in total. The van der Waals surface area contributed by atoms with Crippen LogP contribution in [0.5, 0.6) is 0 Å². The molecule has 1 heterocycles. The monoisotopic (exact) mass is 323 g/mol. The number of sulfonamides is 1. The van der Waals surface area contributed by atoms with E-state index in [-0.39, 0.29) is 10.7 Å². The van der Waals surface area contributed by atoms with Crippen molar-refractivity contribution >= 4 is 21.7 Å². The molecule has 1 amide bonds. The quantitative estimate of drug-likeness (QED) is 0.870. The van der Waals surface area contributed by atoms with E-state index in [1.54, 1.807) is 38.1 Å². The second kappa shape index (κ2) is 6.29. The molecule has 1 aromatic carbocycles. The highest BCUT2D eigenvalue weighted by Gasteiger charge is 2.23. The zero-order valence-corrected chi connectivity index (χ0v) is 13.3. The first kappa shape index (κ1) is 16.2. The predicted molar refractivity (Wildman–Crippen MR) is 80.8 cm³/mol. The summed E-state index contributed by atoms with van der Waals surface area (Å²) < 4.78 is 31.8. The number of amides is 1. The number of nitrogens with zero attached hydrogens (tertiary/aromatic N) is 1. The summed E-state index contributed by atoms with van der Waals surface area (Å²) in [6.07, 6.45) is 0. The Bertz CT molecular complexity index is 783. The lowest BCUT2D eigenvalue weighted by Gasteiger charge is -2.14. The third-order valence-electron chi connectivity index (χ3n) is 2.99. The number of hydrogen-bond acceptors (Lipinski definition) is 5. The van der Waals surface area contributed by atoms with E-state index < -0.39 is 22.0 Å². The molecule has 1 aromatic heterocycles. The second-order valence-electron chi connectivity index (χ2n) is 4.92. The lowest BCUT2D eigenvalue weighted by molar-refractivity contribution is -0.117. The second-order valence-corrected chi connectivity index (χ2v) is 6.60. The number of carbonyl (C=O) groups excluding carboxylic acids is 1. The van der Waals surface area contributed by atoms with Gasteiger partial charge in [-0.25, -0.2) is 8.42 Å². The molecule has 2 rings (SSSR count). The van der Waals surface area contributed by atoms with Crippen LogP contribution in [0.25, 0.3) is 0 Å². The van der Waals surface area contributed by atoms with Crippen LogP contribution in [0.15, 0.2) is 39.8 Å². The van der Waals surface area contributed by atoms with E-state index in [1.165, 1.54) is 13.0 Å². The fourth-order valence-corrected chi connectivity index (χ4v) is 3.32. The SMILES string of the molecule is Cc1cc(NC(=O)[C@H](C)NS(=O)(=O)c2ccccc2C)no1. The number of nitrogens with one attached hydrogen (secondary N) is 2. The zero-order chi connectivity index (χ0) is 16.3. The largest absolute Gasteiger partial charge is 0.360 e. The van der Waals surface area contributed by atoms with Gasteiger partial charge in [-0.15, -0.1) is 0 Å². The van der Waals surface area contributed by atoms with Crippen LogP contribution in [-0.2, 0) is 14.8 Å². The molecule has 118 valence electrons. The average Bonchev–Trinajstić information content (AvgIpc) is 2.83. The maximum atomic E-state index is 12.3. The molecule has 7 nitrogen and oxygen atoms in total. The average molecular weight is 323 g/mol. The smallest absolute Gasteiger partial charge is 0.243 e. The zero-order valence-electron chi connectivity index (χ0n) is 12.5. The van der Waals surface area contributed by atoms with Gasteiger partial charge in [0, 0.05) is 6.07 Å². The van der Waals surface area contributed by atoms with E-state index in [4.69, 9.17) is 4.52 Å². The molecule has 2 aromatic rings. The Morgan fingerprint density at radius 1 is 1.27 bits per heavy atom. The molecular weight excluding hydrogens is 306 g/mol. The fourth-order valence-electron chi connectivity index (χ4n) is 1.87. The molecular formula is C14H17N3O4S. The van der Waals surface area contributed by atoms with Crippen molar-refractivity contribution in [3.05, 3.63) is 41.7 Å². The Morgan fingerprint density at radius 2 is 1.95 bits per heavy atom. The van der Waals surface area contributed by atoms with E-state index in [0.29, 0.717) is 11.3 Å². The van der Waals surface area contributed by atoms with Crippen LogP contribution >= 0.6 is 0 Å². The Balaban J connectivity index is 2.09. The van der Waals surface area contributed by atoms with Crippen molar-refractivity contribution < 1.29 is 17.7 Å². The van der Waals surface area contributed by atoms with Crippen LogP contribution < -0.4 is 10.0 Å². The summed E-state index contributed by atoms with van der Waals surface area (Å²) in [5.74, 6) is 0.262. The maximum Gasteiger partial charge on any atom is 0.243 e. The van der Waals surface area contributed by atoms with Gasteiger partial charge in [0.2, 0.25) is 15.9 Å². The minimum atomic E-state index is -3.78. The van der Waals surface area contributed by atoms with Gasteiger partial charge in [0.1, 0.15) is 5.76 Å². The van der Waals surface area contributed by atoms with E-state index in [9.17, 15) is 13.2 Å². The van der Waals surface area contributed by atoms with Crippen molar-refractivity contribution in [3.8, 4) is 0 Å². The van der Waals surface area contributed by atoms with Gasteiger partial charge in [-0.1, -0.05) is 23.4 Å². The minimum Gasteiger partial charge on any atom is -0.360 e. The van der Waals surface area contributed by atoms with Gasteiger partial charge in [-0.05, 0) is 32.4 Å². The van der Waals surface area contributed by atoms with Gasteiger partial charge in [-0.3, -0.25) is 4.79 Å². The summed E-state index contributed by atoms with van der Waals surface area (Å²) in [6.45, 7) is 4.84. The van der Waals surface area contributed by atoms with Crippen molar-refractivity contribution in [2.45, 2.75) is 31.7 Å². The third-order valence-corrected chi connectivity index (χ3v) is 4.69. The molecule has 0 unspecified atom stereocenters. The summed E-state index contributed by atoms with van der Waals surface area (Å²) in [4.78, 5) is 12.1. The Kier molecular flexibility index (Phi) is 4.62. The van der Waals surface area contributed by atoms with Crippen molar-refractivity contribution in [2.24, 2.45) is 0 Å². The summed E-state index contributed by atoms with van der Waals surface area (Å²) >= 11 is 0. The number of aryl methyl sites for hydroxylation is 2. The van der Waals surface area contributed by atoms with Crippen LogP contribution in [0.3, 0.4) is 0 Å². The highest BCUT2D eigenvalue weighted by molar-refractivity contribution is 7.89. The molecule has 0 bridgehead atoms. The van der Waals surface area contributed by atoms with Gasteiger partial charge in [0.25, 0.3) is 0 Å². The van der Waals surface area contributed by atoms with Gasteiger partial charge < -0.3 is 9.84 Å². The predicted octanol–water partition coefficient (Wildman–Crippen LogP) is 1.60. The number of aromatic nitrogens is 1. The van der Waals surface area contributed by atoms with Crippen LogP contribution in [0.2, 0.25) is 0 Å². The number of rotatable bonds is 5.